The maximum Gasteiger partial charge on any atom is 0.0941 e. The molecule has 1 N–H and O–H groups in total. The highest BCUT2D eigenvalue weighted by Gasteiger charge is 2.11. The van der Waals surface area contributed by atoms with Crippen LogP contribution in [0.15, 0.2) is 5.38 Å². The molecule has 0 bridgehead atoms. The van der Waals surface area contributed by atoms with Crippen LogP contribution in [0.5, 0.6) is 0 Å². The lowest BCUT2D eigenvalue weighted by Crippen LogP contribution is -2.30. The van der Waals surface area contributed by atoms with E-state index >= 15 is 0 Å². The van der Waals surface area contributed by atoms with Gasteiger partial charge in [0, 0.05) is 24.4 Å². The minimum Gasteiger partial charge on any atom is -0.314 e. The Morgan fingerprint density at radius 1 is 1.28 bits per heavy atom. The summed E-state index contributed by atoms with van der Waals surface area (Å²) < 4.78 is 0. The minimum absolute atomic E-state index is 0.560. The normalized spacial score (nSPS) is 18.2. The fourth-order valence-corrected chi connectivity index (χ4v) is 3.53. The van der Waals surface area contributed by atoms with Crippen LogP contribution < -0.4 is 5.32 Å². The highest BCUT2D eigenvalue weighted by atomic mass is 32.1. The van der Waals surface area contributed by atoms with E-state index in [9.17, 15) is 0 Å². The third-order valence-corrected chi connectivity index (χ3v) is 4.71. The molecule has 1 aromatic rings. The molecular formula is C15H26N2S. The van der Waals surface area contributed by atoms with E-state index in [1.807, 2.05) is 11.3 Å². The fraction of sp³-hybridized carbons (Fsp3) is 0.800. The molecule has 1 aliphatic carbocycles. The van der Waals surface area contributed by atoms with Crippen molar-refractivity contribution in [2.75, 3.05) is 6.54 Å². The summed E-state index contributed by atoms with van der Waals surface area (Å²) in [7, 11) is 0. The van der Waals surface area contributed by atoms with Crippen molar-refractivity contribution in [3.05, 3.63) is 16.1 Å². The van der Waals surface area contributed by atoms with Gasteiger partial charge in [0.25, 0.3) is 0 Å². The Morgan fingerprint density at radius 2 is 2.00 bits per heavy atom. The van der Waals surface area contributed by atoms with Gasteiger partial charge in [-0.15, -0.1) is 11.3 Å². The maximum absolute atomic E-state index is 4.69. The number of nitrogens with zero attached hydrogens (tertiary/aromatic N) is 1. The molecule has 0 radical (unpaired) electrons. The van der Waals surface area contributed by atoms with Crippen molar-refractivity contribution in [1.29, 1.82) is 0 Å². The number of nitrogens with one attached hydrogen (secondary N) is 1. The van der Waals surface area contributed by atoms with Gasteiger partial charge in [-0.1, -0.05) is 39.5 Å². The second-order valence-electron chi connectivity index (χ2n) is 5.71. The quantitative estimate of drug-likeness (QED) is 0.811. The van der Waals surface area contributed by atoms with Crippen molar-refractivity contribution in [3.63, 3.8) is 0 Å². The SMILES string of the molecule is CC(C)c1csc(CCNC2CCCCCC2)n1. The Labute approximate surface area is 115 Å². The molecule has 0 atom stereocenters. The number of aromatic nitrogens is 1. The Hall–Kier alpha value is -0.410. The molecule has 18 heavy (non-hydrogen) atoms. The second kappa shape index (κ2) is 7.25. The predicted molar refractivity (Wildman–Crippen MR) is 79.4 cm³/mol. The van der Waals surface area contributed by atoms with E-state index < -0.39 is 0 Å². The van der Waals surface area contributed by atoms with Gasteiger partial charge >= 0.3 is 0 Å². The lowest BCUT2D eigenvalue weighted by molar-refractivity contribution is 0.463. The zero-order valence-electron chi connectivity index (χ0n) is 11.7. The topological polar surface area (TPSA) is 24.9 Å². The van der Waals surface area contributed by atoms with Crippen LogP contribution >= 0.6 is 11.3 Å². The summed E-state index contributed by atoms with van der Waals surface area (Å²) in [6.07, 6.45) is 9.52. The Morgan fingerprint density at radius 3 is 2.61 bits per heavy atom. The summed E-state index contributed by atoms with van der Waals surface area (Å²) in [5.74, 6) is 0.560. The van der Waals surface area contributed by atoms with Gasteiger partial charge in [-0.2, -0.15) is 0 Å². The Balaban J connectivity index is 1.70. The Kier molecular flexibility index (Phi) is 5.64. The van der Waals surface area contributed by atoms with Crippen LogP contribution in [0.4, 0.5) is 0 Å². The van der Waals surface area contributed by atoms with Gasteiger partial charge in [0.2, 0.25) is 0 Å². The third-order valence-electron chi connectivity index (χ3n) is 3.79. The zero-order chi connectivity index (χ0) is 12.8. The van der Waals surface area contributed by atoms with Gasteiger partial charge in [-0.05, 0) is 18.8 Å². The van der Waals surface area contributed by atoms with E-state index in [0.29, 0.717) is 5.92 Å². The number of thiazole rings is 1. The first kappa shape index (κ1) is 14.0. The van der Waals surface area contributed by atoms with Crippen LogP contribution in [0.3, 0.4) is 0 Å². The lowest BCUT2D eigenvalue weighted by atomic mass is 10.1. The molecule has 0 aliphatic heterocycles. The first-order chi connectivity index (χ1) is 8.75. The van der Waals surface area contributed by atoms with Crippen LogP contribution in [0.2, 0.25) is 0 Å². The monoisotopic (exact) mass is 266 g/mol. The van der Waals surface area contributed by atoms with E-state index in [2.05, 4.69) is 29.5 Å². The highest BCUT2D eigenvalue weighted by Crippen LogP contribution is 2.19. The summed E-state index contributed by atoms with van der Waals surface area (Å²) in [6, 6.07) is 0.761. The molecule has 1 heterocycles. The van der Waals surface area contributed by atoms with Crippen molar-refractivity contribution >= 4 is 11.3 Å². The first-order valence-corrected chi connectivity index (χ1v) is 8.31. The molecule has 0 amide bonds. The molecule has 102 valence electrons. The first-order valence-electron chi connectivity index (χ1n) is 7.43. The molecule has 1 saturated carbocycles. The zero-order valence-corrected chi connectivity index (χ0v) is 12.6. The van der Waals surface area contributed by atoms with E-state index in [0.717, 1.165) is 19.0 Å². The molecule has 1 aliphatic rings. The van der Waals surface area contributed by atoms with E-state index in [-0.39, 0.29) is 0 Å². The number of rotatable bonds is 5. The van der Waals surface area contributed by atoms with Gasteiger partial charge in [0.15, 0.2) is 0 Å². The molecule has 1 fully saturated rings. The smallest absolute Gasteiger partial charge is 0.0941 e. The summed E-state index contributed by atoms with van der Waals surface area (Å²) in [6.45, 7) is 5.51. The summed E-state index contributed by atoms with van der Waals surface area (Å²) in [4.78, 5) is 4.69. The van der Waals surface area contributed by atoms with Crippen LogP contribution in [0.25, 0.3) is 0 Å². The van der Waals surface area contributed by atoms with Crippen LogP contribution in [0, 0.1) is 0 Å². The van der Waals surface area contributed by atoms with Crippen molar-refractivity contribution < 1.29 is 0 Å². The molecule has 0 spiro atoms. The number of hydrogen-bond donors (Lipinski definition) is 1. The minimum atomic E-state index is 0.560. The fourth-order valence-electron chi connectivity index (χ4n) is 2.57. The highest BCUT2D eigenvalue weighted by molar-refractivity contribution is 7.09. The van der Waals surface area contributed by atoms with Crippen LogP contribution in [0.1, 0.15) is 69.0 Å². The Bertz CT molecular complexity index is 338. The van der Waals surface area contributed by atoms with Crippen LogP contribution in [-0.4, -0.2) is 17.6 Å². The van der Waals surface area contributed by atoms with Crippen LogP contribution in [-0.2, 0) is 6.42 Å². The molecule has 2 nitrogen and oxygen atoms in total. The predicted octanol–water partition coefficient (Wildman–Crippen LogP) is 4.12. The van der Waals surface area contributed by atoms with E-state index in [1.165, 1.54) is 49.2 Å². The summed E-state index contributed by atoms with van der Waals surface area (Å²) in [5, 5.41) is 7.22. The molecule has 3 heteroatoms. The number of hydrogen-bond acceptors (Lipinski definition) is 3. The van der Waals surface area contributed by atoms with Crippen molar-refractivity contribution in [2.45, 2.75) is 70.8 Å². The molecule has 0 aromatic carbocycles. The maximum atomic E-state index is 4.69. The van der Waals surface area contributed by atoms with E-state index in [1.54, 1.807) is 0 Å². The van der Waals surface area contributed by atoms with Gasteiger partial charge in [-0.25, -0.2) is 4.98 Å². The summed E-state index contributed by atoms with van der Waals surface area (Å²) in [5.41, 5.74) is 1.25. The molecule has 0 saturated heterocycles. The van der Waals surface area contributed by atoms with Gasteiger partial charge in [0.1, 0.15) is 0 Å². The van der Waals surface area contributed by atoms with Crippen molar-refractivity contribution in [1.82, 2.24) is 10.3 Å². The lowest BCUT2D eigenvalue weighted by Gasteiger charge is -2.15. The average Bonchev–Trinajstić information content (AvgIpc) is 2.67. The third kappa shape index (κ3) is 4.36. The standard InChI is InChI=1S/C15H26N2S/c1-12(2)14-11-18-15(17-14)9-10-16-13-7-5-3-4-6-8-13/h11-13,16H,3-10H2,1-2H3. The molecule has 1 aromatic heterocycles. The van der Waals surface area contributed by atoms with E-state index in [4.69, 9.17) is 0 Å². The molecular weight excluding hydrogens is 240 g/mol. The van der Waals surface area contributed by atoms with Crippen molar-refractivity contribution in [3.8, 4) is 0 Å². The average molecular weight is 266 g/mol. The van der Waals surface area contributed by atoms with Crippen molar-refractivity contribution in [2.24, 2.45) is 0 Å². The van der Waals surface area contributed by atoms with Gasteiger partial charge in [0.05, 0.1) is 10.7 Å². The van der Waals surface area contributed by atoms with Gasteiger partial charge < -0.3 is 5.32 Å². The second-order valence-corrected chi connectivity index (χ2v) is 6.66. The largest absolute Gasteiger partial charge is 0.314 e. The summed E-state index contributed by atoms with van der Waals surface area (Å²) >= 11 is 1.82. The molecule has 0 unspecified atom stereocenters. The van der Waals surface area contributed by atoms with Gasteiger partial charge in [-0.3, -0.25) is 0 Å². The molecule has 2 rings (SSSR count).